The first-order chi connectivity index (χ1) is 8.70. The fraction of sp³-hybridized carbons (Fsp3) is 0.167. The molecule has 0 amide bonds. The second kappa shape index (κ2) is 5.97. The molecule has 0 saturated carbocycles. The van der Waals surface area contributed by atoms with Crippen molar-refractivity contribution in [3.8, 4) is 0 Å². The van der Waals surface area contributed by atoms with E-state index in [9.17, 15) is 9.59 Å². The maximum atomic E-state index is 11.8. The lowest BCUT2D eigenvalue weighted by atomic mass is 10.1. The summed E-state index contributed by atoms with van der Waals surface area (Å²) >= 11 is 4.48. The quantitative estimate of drug-likeness (QED) is 0.626. The van der Waals surface area contributed by atoms with Crippen molar-refractivity contribution in [3.63, 3.8) is 0 Å². The van der Waals surface area contributed by atoms with E-state index in [2.05, 4.69) is 25.9 Å². The molecule has 0 bridgehead atoms. The molecule has 6 heteroatoms. The normalized spacial score (nSPS) is 10.3. The number of halogens is 1. The monoisotopic (exact) mass is 324 g/mol. The highest BCUT2D eigenvalue weighted by atomic mass is 79.9. The van der Waals surface area contributed by atoms with Crippen molar-refractivity contribution in [1.82, 2.24) is 9.97 Å². The van der Waals surface area contributed by atoms with E-state index in [1.54, 1.807) is 23.0 Å². The summed E-state index contributed by atoms with van der Waals surface area (Å²) < 4.78 is 0. The summed E-state index contributed by atoms with van der Waals surface area (Å²) in [6.45, 7) is 0. The van der Waals surface area contributed by atoms with Crippen molar-refractivity contribution in [3.05, 3.63) is 46.2 Å². The molecule has 2 heterocycles. The van der Waals surface area contributed by atoms with Gasteiger partial charge in [-0.15, -0.1) is 11.3 Å². The SMILES string of the molecule is O=C(CBr)c1ccc(CC(=O)c2cscn2)nc1. The van der Waals surface area contributed by atoms with Crippen LogP contribution in [0.3, 0.4) is 0 Å². The minimum atomic E-state index is -0.0664. The Balaban J connectivity index is 2.07. The molecule has 0 unspecified atom stereocenters. The van der Waals surface area contributed by atoms with Crippen molar-refractivity contribution in [2.45, 2.75) is 6.42 Å². The summed E-state index contributed by atoms with van der Waals surface area (Å²) in [4.78, 5) is 31.2. The van der Waals surface area contributed by atoms with Gasteiger partial charge in [-0.1, -0.05) is 15.9 Å². The van der Waals surface area contributed by atoms with Crippen molar-refractivity contribution in [1.29, 1.82) is 0 Å². The first-order valence-corrected chi connectivity index (χ1v) is 7.22. The van der Waals surface area contributed by atoms with Gasteiger partial charge in [-0.2, -0.15) is 0 Å². The molecule has 0 N–H and O–H groups in total. The zero-order valence-electron chi connectivity index (χ0n) is 9.30. The lowest BCUT2D eigenvalue weighted by Crippen LogP contribution is -2.07. The van der Waals surface area contributed by atoms with E-state index in [4.69, 9.17) is 0 Å². The number of hydrogen-bond donors (Lipinski definition) is 0. The number of pyridine rings is 1. The van der Waals surface area contributed by atoms with Gasteiger partial charge in [0.15, 0.2) is 11.6 Å². The van der Waals surface area contributed by atoms with Crippen LogP contribution in [0.2, 0.25) is 0 Å². The van der Waals surface area contributed by atoms with Crippen LogP contribution in [0.5, 0.6) is 0 Å². The Morgan fingerprint density at radius 1 is 1.22 bits per heavy atom. The average molecular weight is 325 g/mol. The molecule has 0 spiro atoms. The van der Waals surface area contributed by atoms with Gasteiger partial charge >= 0.3 is 0 Å². The summed E-state index contributed by atoms with van der Waals surface area (Å²) in [7, 11) is 0. The third kappa shape index (κ3) is 3.08. The second-order valence-corrected chi connectivity index (χ2v) is 4.85. The smallest absolute Gasteiger partial charge is 0.187 e. The minimum Gasteiger partial charge on any atom is -0.293 e. The highest BCUT2D eigenvalue weighted by Crippen LogP contribution is 2.08. The minimum absolute atomic E-state index is 0.0279. The van der Waals surface area contributed by atoms with Crippen LogP contribution >= 0.6 is 27.3 Å². The number of aromatic nitrogens is 2. The molecular formula is C12H9BrN2O2S. The molecule has 92 valence electrons. The molecule has 2 rings (SSSR count). The molecule has 0 radical (unpaired) electrons. The first-order valence-electron chi connectivity index (χ1n) is 5.16. The Morgan fingerprint density at radius 3 is 2.61 bits per heavy atom. The standard InChI is InChI=1S/C12H9BrN2O2S/c13-4-12(17)8-1-2-9(14-5-8)3-11(16)10-6-18-7-15-10/h1-2,5-7H,3-4H2. The van der Waals surface area contributed by atoms with Crippen molar-refractivity contribution < 1.29 is 9.59 Å². The molecule has 0 aliphatic carbocycles. The Hall–Kier alpha value is -1.40. The van der Waals surface area contributed by atoms with Gasteiger partial charge in [0.05, 0.1) is 17.3 Å². The molecular weight excluding hydrogens is 316 g/mol. The fourth-order valence-corrected chi connectivity index (χ4v) is 2.26. The van der Waals surface area contributed by atoms with E-state index < -0.39 is 0 Å². The number of alkyl halides is 1. The lowest BCUT2D eigenvalue weighted by Gasteiger charge is -2.00. The van der Waals surface area contributed by atoms with Gasteiger partial charge in [0.2, 0.25) is 0 Å². The predicted molar refractivity (Wildman–Crippen MR) is 72.5 cm³/mol. The molecule has 0 fully saturated rings. The van der Waals surface area contributed by atoms with Crippen LogP contribution in [0, 0.1) is 0 Å². The molecule has 0 saturated heterocycles. The Kier molecular flexibility index (Phi) is 4.33. The van der Waals surface area contributed by atoms with Crippen LogP contribution in [-0.4, -0.2) is 26.9 Å². The summed E-state index contributed by atoms with van der Waals surface area (Å²) in [5.41, 5.74) is 3.26. The number of Topliss-reactive ketones (excluding diaryl/α,β-unsaturated/α-hetero) is 2. The van der Waals surface area contributed by atoms with Crippen LogP contribution in [0.4, 0.5) is 0 Å². The van der Waals surface area contributed by atoms with Crippen LogP contribution in [0.25, 0.3) is 0 Å². The summed E-state index contributed by atoms with van der Waals surface area (Å²) in [6, 6.07) is 3.38. The third-order valence-electron chi connectivity index (χ3n) is 2.33. The van der Waals surface area contributed by atoms with E-state index >= 15 is 0 Å². The molecule has 0 atom stereocenters. The molecule has 4 nitrogen and oxygen atoms in total. The third-order valence-corrected chi connectivity index (χ3v) is 3.42. The van der Waals surface area contributed by atoms with E-state index in [1.165, 1.54) is 17.5 Å². The average Bonchev–Trinajstić information content (AvgIpc) is 2.92. The largest absolute Gasteiger partial charge is 0.293 e. The van der Waals surface area contributed by atoms with Gasteiger partial charge in [-0.3, -0.25) is 14.6 Å². The van der Waals surface area contributed by atoms with Crippen molar-refractivity contribution in [2.75, 3.05) is 5.33 Å². The van der Waals surface area contributed by atoms with Crippen LogP contribution in [0.15, 0.2) is 29.2 Å². The highest BCUT2D eigenvalue weighted by molar-refractivity contribution is 9.09. The fourth-order valence-electron chi connectivity index (χ4n) is 1.38. The highest BCUT2D eigenvalue weighted by Gasteiger charge is 2.10. The molecule has 0 aromatic carbocycles. The van der Waals surface area contributed by atoms with E-state index in [1.807, 2.05) is 0 Å². The lowest BCUT2D eigenvalue weighted by molar-refractivity contribution is 0.0987. The molecule has 2 aromatic rings. The number of carbonyl (C=O) groups excluding carboxylic acids is 2. The summed E-state index contributed by atoms with van der Waals surface area (Å²) in [5, 5.41) is 1.98. The van der Waals surface area contributed by atoms with Gasteiger partial charge < -0.3 is 0 Å². The number of carbonyl (C=O) groups is 2. The zero-order valence-corrected chi connectivity index (χ0v) is 11.7. The van der Waals surface area contributed by atoms with Gasteiger partial charge in [0.1, 0.15) is 5.69 Å². The Labute approximate surface area is 116 Å². The molecule has 0 aliphatic rings. The van der Waals surface area contributed by atoms with Gasteiger partial charge in [-0.05, 0) is 12.1 Å². The van der Waals surface area contributed by atoms with Crippen LogP contribution < -0.4 is 0 Å². The first kappa shape index (κ1) is 13.0. The topological polar surface area (TPSA) is 59.9 Å². The summed E-state index contributed by atoms with van der Waals surface area (Å²) in [6.07, 6.45) is 1.69. The Morgan fingerprint density at radius 2 is 2.06 bits per heavy atom. The zero-order chi connectivity index (χ0) is 13.0. The Bertz CT molecular complexity index is 552. The van der Waals surface area contributed by atoms with Crippen molar-refractivity contribution >= 4 is 38.8 Å². The van der Waals surface area contributed by atoms with E-state index in [0.29, 0.717) is 17.0 Å². The van der Waals surface area contributed by atoms with Crippen LogP contribution in [-0.2, 0) is 6.42 Å². The number of nitrogens with zero attached hydrogens (tertiary/aromatic N) is 2. The van der Waals surface area contributed by atoms with Gasteiger partial charge in [-0.25, -0.2) is 4.98 Å². The van der Waals surface area contributed by atoms with Crippen LogP contribution in [0.1, 0.15) is 26.5 Å². The number of thiazole rings is 1. The van der Waals surface area contributed by atoms with E-state index in [-0.39, 0.29) is 23.3 Å². The molecule has 18 heavy (non-hydrogen) atoms. The van der Waals surface area contributed by atoms with Gasteiger partial charge in [0, 0.05) is 22.8 Å². The van der Waals surface area contributed by atoms with Gasteiger partial charge in [0.25, 0.3) is 0 Å². The number of ketones is 2. The maximum Gasteiger partial charge on any atom is 0.187 e. The summed E-state index contributed by atoms with van der Waals surface area (Å²) in [5.74, 6) is -0.0943. The molecule has 2 aromatic heterocycles. The second-order valence-electron chi connectivity index (χ2n) is 3.57. The number of rotatable bonds is 5. The maximum absolute atomic E-state index is 11.8. The number of hydrogen-bond acceptors (Lipinski definition) is 5. The van der Waals surface area contributed by atoms with Crippen molar-refractivity contribution in [2.24, 2.45) is 0 Å². The van der Waals surface area contributed by atoms with E-state index in [0.717, 1.165) is 0 Å². The predicted octanol–water partition coefficient (Wildman–Crippen LogP) is 2.54. The molecule has 0 aliphatic heterocycles.